The van der Waals surface area contributed by atoms with Crippen molar-refractivity contribution in [3.63, 3.8) is 0 Å². The van der Waals surface area contributed by atoms with Gasteiger partial charge in [0.25, 0.3) is 11.8 Å². The fraction of sp³-hybridized carbons (Fsp3) is 0.484. The van der Waals surface area contributed by atoms with Gasteiger partial charge in [-0.1, -0.05) is 165 Å². The third-order valence-electron chi connectivity index (χ3n) is 19.3. The molecule has 4 N–H and O–H groups in total. The van der Waals surface area contributed by atoms with Crippen LogP contribution in [0.5, 0.6) is 11.5 Å². The van der Waals surface area contributed by atoms with E-state index in [0.717, 1.165) is 22.3 Å². The number of cyclic esters (lactones) is 4. The summed E-state index contributed by atoms with van der Waals surface area (Å²) in [6.07, 6.45) is -4.05. The van der Waals surface area contributed by atoms with Crippen LogP contribution in [-0.2, 0) is 111 Å². The summed E-state index contributed by atoms with van der Waals surface area (Å²) in [5.74, 6) is -5.23. The van der Waals surface area contributed by atoms with Crippen molar-refractivity contribution in [2.24, 2.45) is 23.7 Å². The number of carbonyl (C=O) groups is 11. The fourth-order valence-corrected chi connectivity index (χ4v) is 13.4. The zero-order valence-corrected chi connectivity index (χ0v) is 70.8. The van der Waals surface area contributed by atoms with E-state index in [1.165, 1.54) is 51.6 Å². The van der Waals surface area contributed by atoms with E-state index in [2.05, 4.69) is 21.3 Å². The molecule has 1 aliphatic heterocycles. The number of rotatable bonds is 28. The van der Waals surface area contributed by atoms with Gasteiger partial charge in [0.2, 0.25) is 23.6 Å². The number of hydrogen-bond acceptors (Lipinski definition) is 19. The lowest BCUT2D eigenvalue weighted by atomic mass is 10.00. The molecule has 25 heteroatoms. The third kappa shape index (κ3) is 32.1. The van der Waals surface area contributed by atoms with Crippen molar-refractivity contribution in [3.8, 4) is 11.5 Å². The molecule has 10 atom stereocenters. The zero-order valence-electron chi connectivity index (χ0n) is 70.8. The number of nitrogens with zero attached hydrogens (tertiary/aromatic N) is 4. The first kappa shape index (κ1) is 94.1. The second-order valence-electron chi connectivity index (χ2n) is 32.1. The zero-order chi connectivity index (χ0) is 85.5. The van der Waals surface area contributed by atoms with E-state index in [1.807, 2.05) is 165 Å². The van der Waals surface area contributed by atoms with Crippen LogP contribution in [0.4, 0.5) is 11.4 Å². The number of anilines is 2. The number of ketones is 1. The second-order valence-corrected chi connectivity index (χ2v) is 32.1. The molecule has 0 radical (unpaired) electrons. The summed E-state index contributed by atoms with van der Waals surface area (Å²) < 4.78 is 37.1. The minimum Gasteiger partial charge on any atom is -0.489 e. The van der Waals surface area contributed by atoms with Crippen LogP contribution in [0.15, 0.2) is 158 Å². The summed E-state index contributed by atoms with van der Waals surface area (Å²) >= 11 is 0. The maximum absolute atomic E-state index is 15.3. The molecule has 0 aromatic heterocycles. The molecule has 6 aromatic rings. The van der Waals surface area contributed by atoms with Crippen LogP contribution in [-0.4, -0.2) is 187 Å². The highest BCUT2D eigenvalue weighted by atomic mass is 16.6. The second kappa shape index (κ2) is 46.7. The first-order valence-corrected chi connectivity index (χ1v) is 40.0. The van der Waals surface area contributed by atoms with Gasteiger partial charge in [-0.15, -0.1) is 0 Å². The predicted octanol–water partition coefficient (Wildman–Crippen LogP) is 11.7. The van der Waals surface area contributed by atoms with Crippen LogP contribution in [0.3, 0.4) is 0 Å². The molecular weight excluding hydrogens is 1480 g/mol. The topological polar surface area (TPSA) is 304 Å². The monoisotopic (exact) mass is 1600 g/mol. The molecule has 7 rings (SSSR count). The van der Waals surface area contributed by atoms with E-state index in [4.69, 9.17) is 28.4 Å². The summed E-state index contributed by atoms with van der Waals surface area (Å²) in [7, 11) is 6.29. The van der Waals surface area contributed by atoms with Gasteiger partial charge in [0.05, 0.1) is 0 Å². The Morgan fingerprint density at radius 3 is 0.966 bits per heavy atom. The van der Waals surface area contributed by atoms with E-state index in [1.54, 1.807) is 86.3 Å². The van der Waals surface area contributed by atoms with Gasteiger partial charge >= 0.3 is 23.9 Å². The van der Waals surface area contributed by atoms with E-state index in [0.29, 0.717) is 47.2 Å². The van der Waals surface area contributed by atoms with Crippen LogP contribution >= 0.6 is 0 Å². The number of esters is 4. The molecule has 1 fully saturated rings. The Labute approximate surface area is 684 Å². The Bertz CT molecular complexity index is 3900. The van der Waals surface area contributed by atoms with Crippen molar-refractivity contribution in [3.05, 3.63) is 191 Å². The number of Topliss-reactive ketones (excluding diaryl/α,β-unsaturated/α-hetero) is 1. The van der Waals surface area contributed by atoms with Gasteiger partial charge in [0.1, 0.15) is 79.0 Å². The van der Waals surface area contributed by atoms with Gasteiger partial charge in [-0.25, -0.2) is 9.59 Å². The van der Waals surface area contributed by atoms with Gasteiger partial charge < -0.3 is 64.3 Å². The highest BCUT2D eigenvalue weighted by Crippen LogP contribution is 2.27. The van der Waals surface area contributed by atoms with Crippen LogP contribution < -0.4 is 30.7 Å². The maximum Gasteiger partial charge on any atom is 0.329 e. The number of hydrogen-bond donors (Lipinski definition) is 4. The van der Waals surface area contributed by atoms with Crippen molar-refractivity contribution in [2.45, 2.75) is 222 Å². The summed E-state index contributed by atoms with van der Waals surface area (Å²) in [6, 6.07) is 41.0. The van der Waals surface area contributed by atoms with Crippen LogP contribution in [0.1, 0.15) is 156 Å². The lowest BCUT2D eigenvalue weighted by Gasteiger charge is -2.35. The van der Waals surface area contributed by atoms with Crippen molar-refractivity contribution >= 4 is 76.5 Å². The van der Waals surface area contributed by atoms with E-state index >= 15 is 19.2 Å². The molecule has 0 aliphatic carbocycles. The van der Waals surface area contributed by atoms with Crippen molar-refractivity contribution in [1.82, 2.24) is 30.2 Å². The van der Waals surface area contributed by atoms with E-state index < -0.39 is 120 Å². The molecule has 1 saturated heterocycles. The summed E-state index contributed by atoms with van der Waals surface area (Å²) in [5.41, 5.74) is 5.38. The molecule has 1 heterocycles. The van der Waals surface area contributed by atoms with Gasteiger partial charge in [-0.2, -0.15) is 0 Å². The Morgan fingerprint density at radius 2 is 0.672 bits per heavy atom. The molecule has 6 aromatic carbocycles. The van der Waals surface area contributed by atoms with Crippen molar-refractivity contribution in [2.75, 3.05) is 51.9 Å². The quantitative estimate of drug-likeness (QED) is 0.0262. The normalized spacial score (nSPS) is 19.9. The largest absolute Gasteiger partial charge is 0.489 e. The SMILES string of the molecule is CC(=O)NC(Cc1ccc(OCc2ccccc2)cc1)C(=O)Nc1ccc(CC2OC(=O)C(CC(C)C)N(C)CC(C)OC(=O)C(CC(C)C)N(C)C(=O)C(Cc3ccc(NC(=O)C(Cc4ccc(OCc5ccccc5)cc4)NC(C)=O)cc3)OC(=O)C(CC(C)C)N(C)CC(C)OC(=O)C(CC(C)C)N(C)C2=O)cc1.CC(C)=O. The fourth-order valence-electron chi connectivity index (χ4n) is 13.4. The van der Waals surface area contributed by atoms with Crippen molar-refractivity contribution in [1.29, 1.82) is 0 Å². The molecule has 0 saturated carbocycles. The van der Waals surface area contributed by atoms with Crippen LogP contribution in [0.2, 0.25) is 0 Å². The smallest absolute Gasteiger partial charge is 0.329 e. The first-order chi connectivity index (χ1) is 54.9. The Morgan fingerprint density at radius 1 is 0.388 bits per heavy atom. The number of benzene rings is 6. The Balaban J connectivity index is 0.00000510. The standard InChI is InChI=1S/C88H116N8O16.C3H6O/c1-55(2)43-75-85(103)111-79(49-65-27-35-69(36-28-65)91-81(99)73(89-61(11)97)47-63-31-39-71(40-32-63)107-53-67-23-19-17-20-24-67)83(101)95(15)78(46-58(7)8)88(106)110-60(10)52-94(14)76(44-56(3)4)86(104)112-80(84(102)96(16)77(45-57(5)6)87(105)109-59(9)51-93(75)13)50-66-29-37-70(38-30-66)92-82(100)74(90-62(12)98)48-64-33-41-72(42-34-64)108-54-68-25-21-18-22-26-68;1-3(2)4/h17-42,55-60,73-80H,43-54H2,1-16H3,(H,89,97)(H,90,98)(H,91,99)(H,92,100);1-2H3. The highest BCUT2D eigenvalue weighted by Gasteiger charge is 2.41. The maximum atomic E-state index is 15.3. The molecule has 0 spiro atoms. The van der Waals surface area contributed by atoms with Crippen molar-refractivity contribution < 1.29 is 81.2 Å². The summed E-state index contributed by atoms with van der Waals surface area (Å²) in [6.45, 7) is 25.1. The Kier molecular flexibility index (Phi) is 37.9. The average Bonchev–Trinajstić information content (AvgIpc) is 0.827. The number of likely N-dealkylation sites (N-methyl/N-ethyl adjacent to an activating group) is 4. The average molecular weight is 1600 g/mol. The molecule has 6 amide bonds. The first-order valence-electron chi connectivity index (χ1n) is 40.0. The number of carbonyl (C=O) groups excluding carboxylic acids is 11. The molecule has 116 heavy (non-hydrogen) atoms. The minimum atomic E-state index is -1.51. The lowest BCUT2D eigenvalue weighted by molar-refractivity contribution is -0.171. The molecule has 1 aliphatic rings. The van der Waals surface area contributed by atoms with Gasteiger partial charge in [-0.05, 0) is 173 Å². The molecule has 25 nitrogen and oxygen atoms in total. The molecule has 0 bridgehead atoms. The van der Waals surface area contributed by atoms with E-state index in [9.17, 15) is 33.6 Å². The summed E-state index contributed by atoms with van der Waals surface area (Å²) in [5, 5.41) is 11.3. The van der Waals surface area contributed by atoms with Gasteiger partial charge in [-0.3, -0.25) is 48.2 Å². The van der Waals surface area contributed by atoms with E-state index in [-0.39, 0.29) is 93.9 Å². The Hall–Kier alpha value is -10.8. The number of ether oxygens (including phenoxy) is 6. The lowest BCUT2D eigenvalue weighted by Crippen LogP contribution is -2.53. The molecule has 628 valence electrons. The van der Waals surface area contributed by atoms with Crippen LogP contribution in [0.25, 0.3) is 0 Å². The number of amides is 6. The summed E-state index contributed by atoms with van der Waals surface area (Å²) in [4.78, 5) is 159. The van der Waals surface area contributed by atoms with Gasteiger partial charge in [0.15, 0.2) is 12.2 Å². The highest BCUT2D eigenvalue weighted by molar-refractivity contribution is 5.98. The van der Waals surface area contributed by atoms with Crippen LogP contribution in [0, 0.1) is 23.7 Å². The third-order valence-corrected chi connectivity index (χ3v) is 19.3. The molecule has 10 unspecified atom stereocenters. The predicted molar refractivity (Wildman–Crippen MR) is 446 cm³/mol. The minimum absolute atomic E-state index is 0.00935. The van der Waals surface area contributed by atoms with Gasteiger partial charge in [0, 0.05) is 78.1 Å². The molecular formula is C91H122N8O17. The number of nitrogens with one attached hydrogen (secondary N) is 4.